The Bertz CT molecular complexity index is 534. The first-order valence-corrected chi connectivity index (χ1v) is 8.15. The number of hydrogen-bond acceptors (Lipinski definition) is 4. The third-order valence-electron chi connectivity index (χ3n) is 3.21. The van der Waals surface area contributed by atoms with E-state index in [1.807, 2.05) is 26.0 Å². The zero-order valence-corrected chi connectivity index (χ0v) is 15.2. The second kappa shape index (κ2) is 7.13. The number of alkyl carbamates (subject to hydrolysis) is 1. The first kappa shape index (κ1) is 18.5. The second-order valence-corrected chi connectivity index (χ2v) is 7.76. The van der Waals surface area contributed by atoms with Gasteiger partial charge < -0.3 is 15.0 Å². The average Bonchev–Trinajstić information content (AvgIpc) is 2.80. The summed E-state index contributed by atoms with van der Waals surface area (Å²) in [5.41, 5.74) is -0.583. The number of carbonyl (C=O) groups is 2. The number of carbonyl (C=O) groups excluding carboxylic acids is 2. The van der Waals surface area contributed by atoms with Crippen molar-refractivity contribution in [3.63, 3.8) is 0 Å². The van der Waals surface area contributed by atoms with Crippen molar-refractivity contribution in [3.05, 3.63) is 21.9 Å². The molecule has 0 radical (unpaired) electrons. The van der Waals surface area contributed by atoms with Gasteiger partial charge in [-0.05, 0) is 53.7 Å². The fraction of sp³-hybridized carbons (Fsp3) is 0.625. The minimum Gasteiger partial charge on any atom is -0.444 e. The maximum absolute atomic E-state index is 12.4. The van der Waals surface area contributed by atoms with Crippen molar-refractivity contribution >= 4 is 23.3 Å². The zero-order valence-electron chi connectivity index (χ0n) is 14.4. The number of thiophene rings is 1. The van der Waals surface area contributed by atoms with Gasteiger partial charge in [-0.2, -0.15) is 0 Å². The van der Waals surface area contributed by atoms with Crippen LogP contribution in [0.25, 0.3) is 0 Å². The van der Waals surface area contributed by atoms with E-state index in [4.69, 9.17) is 4.74 Å². The van der Waals surface area contributed by atoms with Gasteiger partial charge >= 0.3 is 6.09 Å². The number of nitrogens with one attached hydrogen (secondary N) is 1. The van der Waals surface area contributed by atoms with Crippen LogP contribution in [0, 0.1) is 6.92 Å². The van der Waals surface area contributed by atoms with Crippen molar-refractivity contribution in [2.45, 2.75) is 59.2 Å². The molecule has 0 fully saturated rings. The van der Waals surface area contributed by atoms with Gasteiger partial charge in [0.25, 0.3) is 0 Å². The van der Waals surface area contributed by atoms with Crippen LogP contribution in [0.3, 0.4) is 0 Å². The molecule has 6 heteroatoms. The highest BCUT2D eigenvalue weighted by Gasteiger charge is 2.26. The zero-order chi connectivity index (χ0) is 17.1. The number of amides is 2. The molecule has 0 unspecified atom stereocenters. The van der Waals surface area contributed by atoms with Crippen LogP contribution in [0.2, 0.25) is 0 Å². The van der Waals surface area contributed by atoms with E-state index < -0.39 is 17.7 Å². The molecule has 0 saturated carbocycles. The van der Waals surface area contributed by atoms with Gasteiger partial charge in [0.15, 0.2) is 0 Å². The summed E-state index contributed by atoms with van der Waals surface area (Å²) in [7, 11) is 1.75. The molecular formula is C16H26N2O3S. The molecule has 1 rings (SSSR count). The van der Waals surface area contributed by atoms with Gasteiger partial charge in [0.2, 0.25) is 5.91 Å². The van der Waals surface area contributed by atoms with Gasteiger partial charge in [0.1, 0.15) is 11.6 Å². The molecule has 5 nitrogen and oxygen atoms in total. The Labute approximate surface area is 136 Å². The molecule has 0 bridgehead atoms. The van der Waals surface area contributed by atoms with Gasteiger partial charge in [0.05, 0.1) is 6.04 Å². The Balaban J connectivity index is 2.64. The molecule has 1 aromatic heterocycles. The van der Waals surface area contributed by atoms with Crippen LogP contribution >= 0.6 is 11.3 Å². The van der Waals surface area contributed by atoms with E-state index in [1.54, 1.807) is 51.0 Å². The Kier molecular flexibility index (Phi) is 6.00. The molecular weight excluding hydrogens is 300 g/mol. The highest BCUT2D eigenvalue weighted by atomic mass is 32.1. The quantitative estimate of drug-likeness (QED) is 0.921. The molecule has 0 aliphatic heterocycles. The van der Waals surface area contributed by atoms with Crippen LogP contribution in [0.5, 0.6) is 0 Å². The summed E-state index contributed by atoms with van der Waals surface area (Å²) in [4.78, 5) is 28.1. The topological polar surface area (TPSA) is 58.6 Å². The molecule has 22 heavy (non-hydrogen) atoms. The number of hydrogen-bond donors (Lipinski definition) is 1. The summed E-state index contributed by atoms with van der Waals surface area (Å²) < 4.78 is 5.17. The number of aryl methyl sites for hydroxylation is 1. The van der Waals surface area contributed by atoms with Crippen molar-refractivity contribution in [1.82, 2.24) is 10.2 Å². The van der Waals surface area contributed by atoms with Crippen molar-refractivity contribution in [2.75, 3.05) is 7.05 Å². The van der Waals surface area contributed by atoms with E-state index in [2.05, 4.69) is 5.32 Å². The van der Waals surface area contributed by atoms with Crippen molar-refractivity contribution < 1.29 is 14.3 Å². The number of nitrogens with zero attached hydrogens (tertiary/aromatic N) is 1. The van der Waals surface area contributed by atoms with Crippen molar-refractivity contribution in [3.8, 4) is 0 Å². The Hall–Kier alpha value is -1.56. The number of rotatable bonds is 4. The largest absolute Gasteiger partial charge is 0.444 e. The van der Waals surface area contributed by atoms with E-state index in [0.29, 0.717) is 0 Å². The predicted molar refractivity (Wildman–Crippen MR) is 89.1 cm³/mol. The van der Waals surface area contributed by atoms with E-state index >= 15 is 0 Å². The summed E-state index contributed by atoms with van der Waals surface area (Å²) in [6, 6.07) is 3.40. The smallest absolute Gasteiger partial charge is 0.408 e. The van der Waals surface area contributed by atoms with E-state index in [9.17, 15) is 9.59 Å². The average molecular weight is 326 g/mol. The predicted octanol–water partition coefficient (Wildman–Crippen LogP) is 3.49. The minimum absolute atomic E-state index is 0.0333. The summed E-state index contributed by atoms with van der Waals surface area (Å²) >= 11 is 1.67. The fourth-order valence-electron chi connectivity index (χ4n) is 1.91. The summed E-state index contributed by atoms with van der Waals surface area (Å²) in [5, 5.41) is 2.58. The Morgan fingerprint density at radius 2 is 1.86 bits per heavy atom. The van der Waals surface area contributed by atoms with E-state index in [1.165, 1.54) is 4.88 Å². The third-order valence-corrected chi connectivity index (χ3v) is 4.38. The fourth-order valence-corrected chi connectivity index (χ4v) is 2.88. The van der Waals surface area contributed by atoms with Gasteiger partial charge in [-0.1, -0.05) is 0 Å². The molecule has 1 N–H and O–H groups in total. The van der Waals surface area contributed by atoms with E-state index in [0.717, 1.165) is 4.88 Å². The lowest BCUT2D eigenvalue weighted by molar-refractivity contribution is -0.133. The lowest BCUT2D eigenvalue weighted by atomic mass is 10.2. The van der Waals surface area contributed by atoms with Gasteiger partial charge in [-0.25, -0.2) is 4.79 Å². The molecule has 0 aromatic carbocycles. The van der Waals surface area contributed by atoms with Crippen LogP contribution in [0.15, 0.2) is 12.1 Å². The molecule has 0 aliphatic rings. The van der Waals surface area contributed by atoms with Crippen molar-refractivity contribution in [2.24, 2.45) is 0 Å². The molecule has 124 valence electrons. The van der Waals surface area contributed by atoms with Gasteiger partial charge in [0, 0.05) is 16.8 Å². The third kappa shape index (κ3) is 5.33. The summed E-state index contributed by atoms with van der Waals surface area (Å²) in [6.45, 7) is 11.0. The Morgan fingerprint density at radius 1 is 1.27 bits per heavy atom. The van der Waals surface area contributed by atoms with Gasteiger partial charge in [-0.15, -0.1) is 11.3 Å². The first-order chi connectivity index (χ1) is 10.0. The monoisotopic (exact) mass is 326 g/mol. The molecule has 2 amide bonds. The molecule has 1 aromatic rings. The van der Waals surface area contributed by atoms with Crippen LogP contribution in [-0.2, 0) is 9.53 Å². The second-order valence-electron chi connectivity index (χ2n) is 6.44. The highest BCUT2D eigenvalue weighted by Crippen LogP contribution is 2.26. The van der Waals surface area contributed by atoms with Crippen molar-refractivity contribution in [1.29, 1.82) is 0 Å². The highest BCUT2D eigenvalue weighted by molar-refractivity contribution is 7.12. The SMILES string of the molecule is Cc1ccc([C@H](C)N(C)C(=O)[C@@H](C)NC(=O)OC(C)(C)C)s1. The maximum Gasteiger partial charge on any atom is 0.408 e. The van der Waals surface area contributed by atoms with Gasteiger partial charge in [-0.3, -0.25) is 4.79 Å². The van der Waals surface area contributed by atoms with Crippen LogP contribution in [0.4, 0.5) is 4.79 Å². The molecule has 2 atom stereocenters. The number of ether oxygens (including phenoxy) is 1. The lowest BCUT2D eigenvalue weighted by Crippen LogP contribution is -2.47. The standard InChI is InChI=1S/C16H26N2O3S/c1-10-8-9-13(22-10)12(3)18(7)14(19)11(2)17-15(20)21-16(4,5)6/h8-9,11-12H,1-7H3,(H,17,20)/t11-,12+/m1/s1. The van der Waals surface area contributed by atoms with Crippen LogP contribution in [0.1, 0.15) is 50.4 Å². The van der Waals surface area contributed by atoms with Crippen LogP contribution in [-0.4, -0.2) is 35.6 Å². The normalized spacial score (nSPS) is 14.1. The lowest BCUT2D eigenvalue weighted by Gasteiger charge is -2.28. The molecule has 0 spiro atoms. The first-order valence-electron chi connectivity index (χ1n) is 7.34. The summed E-state index contributed by atoms with van der Waals surface area (Å²) in [6.07, 6.45) is -0.582. The summed E-state index contributed by atoms with van der Waals surface area (Å²) in [5.74, 6) is -0.149. The Morgan fingerprint density at radius 3 is 2.32 bits per heavy atom. The molecule has 1 heterocycles. The molecule has 0 saturated heterocycles. The maximum atomic E-state index is 12.4. The molecule has 0 aliphatic carbocycles. The van der Waals surface area contributed by atoms with E-state index in [-0.39, 0.29) is 11.9 Å². The van der Waals surface area contributed by atoms with Crippen LogP contribution < -0.4 is 5.32 Å². The number of likely N-dealkylation sites (N-methyl/N-ethyl adjacent to an activating group) is 1. The minimum atomic E-state index is -0.636.